The van der Waals surface area contributed by atoms with E-state index in [0.29, 0.717) is 6.42 Å². The molecule has 0 saturated carbocycles. The average Bonchev–Trinajstić information content (AvgIpc) is 2.69. The van der Waals surface area contributed by atoms with E-state index in [4.69, 9.17) is 11.6 Å². The second kappa shape index (κ2) is 8.07. The van der Waals surface area contributed by atoms with E-state index in [1.54, 1.807) is 0 Å². The number of nitrogens with zero attached hydrogens (tertiary/aromatic N) is 3. The number of benzene rings is 2. The van der Waals surface area contributed by atoms with Gasteiger partial charge in [-0.05, 0) is 35.4 Å². The van der Waals surface area contributed by atoms with Gasteiger partial charge in [0.2, 0.25) is 5.91 Å². The Bertz CT molecular complexity index is 937. The molecule has 0 N–H and O–H groups in total. The normalized spacial score (nSPS) is 15.2. The van der Waals surface area contributed by atoms with E-state index in [9.17, 15) is 4.79 Å². The Morgan fingerprint density at radius 1 is 0.963 bits per heavy atom. The number of halogens is 1. The molecular weight excluding hydrogens is 358 g/mol. The first kappa shape index (κ1) is 18.0. The highest BCUT2D eigenvalue weighted by Gasteiger charge is 2.21. The monoisotopic (exact) mass is 379 g/mol. The van der Waals surface area contributed by atoms with E-state index < -0.39 is 0 Å². The molecule has 5 heteroatoms. The maximum absolute atomic E-state index is 12.5. The van der Waals surface area contributed by atoms with E-state index in [-0.39, 0.29) is 5.91 Å². The number of carbonyl (C=O) groups is 1. The van der Waals surface area contributed by atoms with Crippen LogP contribution in [0.1, 0.15) is 11.1 Å². The van der Waals surface area contributed by atoms with Gasteiger partial charge in [0, 0.05) is 49.3 Å². The standard InChI is InChI=1S/C22H22ClN3O/c23-20-6-7-21-19(14-20)12-18(15-24-21)16-25-8-10-26(11-9-25)22(27)13-17-4-2-1-3-5-17/h1-7,12,14-15H,8-11,13,16H2. The molecule has 3 aromatic rings. The fourth-order valence-corrected chi connectivity index (χ4v) is 3.71. The smallest absolute Gasteiger partial charge is 0.227 e. The summed E-state index contributed by atoms with van der Waals surface area (Å²) in [6.07, 6.45) is 2.42. The summed E-state index contributed by atoms with van der Waals surface area (Å²) in [6, 6.07) is 17.9. The van der Waals surface area contributed by atoms with Gasteiger partial charge in [0.25, 0.3) is 0 Å². The number of aromatic nitrogens is 1. The van der Waals surface area contributed by atoms with Crippen LogP contribution in [0, 0.1) is 0 Å². The van der Waals surface area contributed by atoms with Crippen molar-refractivity contribution in [2.45, 2.75) is 13.0 Å². The zero-order valence-electron chi connectivity index (χ0n) is 15.1. The van der Waals surface area contributed by atoms with Gasteiger partial charge in [0.15, 0.2) is 0 Å². The zero-order chi connectivity index (χ0) is 18.6. The lowest BCUT2D eigenvalue weighted by atomic mass is 10.1. The van der Waals surface area contributed by atoms with Crippen LogP contribution in [-0.2, 0) is 17.8 Å². The molecule has 0 aliphatic carbocycles. The minimum Gasteiger partial charge on any atom is -0.340 e. The van der Waals surface area contributed by atoms with Gasteiger partial charge in [-0.1, -0.05) is 41.9 Å². The van der Waals surface area contributed by atoms with Crippen LogP contribution in [0.15, 0.2) is 60.8 Å². The Morgan fingerprint density at radius 2 is 1.74 bits per heavy atom. The number of piperazine rings is 1. The molecule has 1 aromatic heterocycles. The van der Waals surface area contributed by atoms with Crippen LogP contribution in [0.4, 0.5) is 0 Å². The molecule has 138 valence electrons. The van der Waals surface area contributed by atoms with Crippen LogP contribution in [0.2, 0.25) is 5.02 Å². The summed E-state index contributed by atoms with van der Waals surface area (Å²) in [7, 11) is 0. The number of amides is 1. The third kappa shape index (κ3) is 4.46. The van der Waals surface area contributed by atoms with Crippen molar-refractivity contribution in [3.05, 3.63) is 76.9 Å². The molecule has 1 saturated heterocycles. The molecular formula is C22H22ClN3O. The zero-order valence-corrected chi connectivity index (χ0v) is 15.9. The second-order valence-electron chi connectivity index (χ2n) is 7.00. The van der Waals surface area contributed by atoms with Crippen molar-refractivity contribution in [2.75, 3.05) is 26.2 Å². The molecule has 0 unspecified atom stereocenters. The first-order chi connectivity index (χ1) is 13.2. The van der Waals surface area contributed by atoms with E-state index in [2.05, 4.69) is 16.0 Å². The SMILES string of the molecule is O=C(Cc1ccccc1)N1CCN(Cc2cnc3ccc(Cl)cc3c2)CC1. The highest BCUT2D eigenvalue weighted by Crippen LogP contribution is 2.19. The van der Waals surface area contributed by atoms with Crippen molar-refractivity contribution in [1.82, 2.24) is 14.8 Å². The van der Waals surface area contributed by atoms with Crippen molar-refractivity contribution in [1.29, 1.82) is 0 Å². The van der Waals surface area contributed by atoms with E-state index >= 15 is 0 Å². The topological polar surface area (TPSA) is 36.4 Å². The van der Waals surface area contributed by atoms with Gasteiger partial charge < -0.3 is 4.90 Å². The van der Waals surface area contributed by atoms with Crippen molar-refractivity contribution < 1.29 is 4.79 Å². The first-order valence-electron chi connectivity index (χ1n) is 9.26. The number of pyridine rings is 1. The molecule has 0 spiro atoms. The van der Waals surface area contributed by atoms with Crippen molar-refractivity contribution in [3.8, 4) is 0 Å². The van der Waals surface area contributed by atoms with Crippen LogP contribution in [0.3, 0.4) is 0 Å². The summed E-state index contributed by atoms with van der Waals surface area (Å²) in [5.74, 6) is 0.211. The van der Waals surface area contributed by atoms with Crippen molar-refractivity contribution in [2.24, 2.45) is 0 Å². The van der Waals surface area contributed by atoms with Gasteiger partial charge in [-0.15, -0.1) is 0 Å². The molecule has 0 radical (unpaired) electrons. The van der Waals surface area contributed by atoms with Gasteiger partial charge >= 0.3 is 0 Å². The van der Waals surface area contributed by atoms with Gasteiger partial charge in [-0.25, -0.2) is 0 Å². The third-order valence-electron chi connectivity index (χ3n) is 5.03. The van der Waals surface area contributed by atoms with E-state index in [1.165, 1.54) is 5.56 Å². The Balaban J connectivity index is 1.33. The maximum Gasteiger partial charge on any atom is 0.227 e. The highest BCUT2D eigenvalue weighted by atomic mass is 35.5. The molecule has 1 aliphatic rings. The first-order valence-corrected chi connectivity index (χ1v) is 9.63. The lowest BCUT2D eigenvalue weighted by Gasteiger charge is -2.34. The molecule has 2 heterocycles. The van der Waals surface area contributed by atoms with Crippen LogP contribution in [-0.4, -0.2) is 46.9 Å². The molecule has 27 heavy (non-hydrogen) atoms. The van der Waals surface area contributed by atoms with Gasteiger partial charge in [0.05, 0.1) is 11.9 Å². The minimum absolute atomic E-state index is 0.211. The third-order valence-corrected chi connectivity index (χ3v) is 5.26. The van der Waals surface area contributed by atoms with Gasteiger partial charge in [0.1, 0.15) is 0 Å². The largest absolute Gasteiger partial charge is 0.340 e. The number of hydrogen-bond acceptors (Lipinski definition) is 3. The lowest BCUT2D eigenvalue weighted by Crippen LogP contribution is -2.48. The fourth-order valence-electron chi connectivity index (χ4n) is 3.53. The Morgan fingerprint density at radius 3 is 2.52 bits per heavy atom. The predicted molar refractivity (Wildman–Crippen MR) is 109 cm³/mol. The van der Waals surface area contributed by atoms with E-state index in [1.807, 2.05) is 59.6 Å². The Kier molecular flexibility index (Phi) is 5.37. The summed E-state index contributed by atoms with van der Waals surface area (Å²) < 4.78 is 0. The van der Waals surface area contributed by atoms with Gasteiger partial charge in [-0.3, -0.25) is 14.7 Å². The maximum atomic E-state index is 12.5. The summed E-state index contributed by atoms with van der Waals surface area (Å²) in [5, 5.41) is 1.80. The van der Waals surface area contributed by atoms with E-state index in [0.717, 1.165) is 54.2 Å². The van der Waals surface area contributed by atoms with Crippen molar-refractivity contribution >= 4 is 28.4 Å². The predicted octanol–water partition coefficient (Wildman–Crippen LogP) is 3.78. The molecule has 4 nitrogen and oxygen atoms in total. The molecule has 0 atom stereocenters. The quantitative estimate of drug-likeness (QED) is 0.692. The second-order valence-corrected chi connectivity index (χ2v) is 7.44. The van der Waals surface area contributed by atoms with Crippen LogP contribution < -0.4 is 0 Å². The highest BCUT2D eigenvalue weighted by molar-refractivity contribution is 6.31. The molecule has 1 aliphatic heterocycles. The van der Waals surface area contributed by atoms with Crippen LogP contribution >= 0.6 is 11.6 Å². The summed E-state index contributed by atoms with van der Waals surface area (Å²) in [5.41, 5.74) is 3.21. The molecule has 1 amide bonds. The number of rotatable bonds is 4. The number of hydrogen-bond donors (Lipinski definition) is 0. The van der Waals surface area contributed by atoms with Crippen LogP contribution in [0.5, 0.6) is 0 Å². The summed E-state index contributed by atoms with van der Waals surface area (Å²) in [4.78, 5) is 21.4. The molecule has 2 aromatic carbocycles. The summed E-state index contributed by atoms with van der Waals surface area (Å²) in [6.45, 7) is 4.16. The summed E-state index contributed by atoms with van der Waals surface area (Å²) >= 11 is 6.09. The van der Waals surface area contributed by atoms with Gasteiger partial charge in [-0.2, -0.15) is 0 Å². The number of carbonyl (C=O) groups excluding carboxylic acids is 1. The Labute approximate surface area is 164 Å². The van der Waals surface area contributed by atoms with Crippen LogP contribution in [0.25, 0.3) is 10.9 Å². The molecule has 1 fully saturated rings. The minimum atomic E-state index is 0.211. The molecule has 4 rings (SSSR count). The Hall–Kier alpha value is -2.43. The fraction of sp³-hybridized carbons (Fsp3) is 0.273. The molecule has 0 bridgehead atoms. The lowest BCUT2D eigenvalue weighted by molar-refractivity contribution is -0.132. The number of fused-ring (bicyclic) bond motifs is 1. The average molecular weight is 380 g/mol. The van der Waals surface area contributed by atoms with Crippen molar-refractivity contribution in [3.63, 3.8) is 0 Å².